The number of aromatic nitrogens is 4. The SMILES string of the molecule is O=S(=O)(Nc1ncnc(Cl)c1Cl)c1ccn[nH]1. The van der Waals surface area contributed by atoms with Crippen LogP contribution in [-0.4, -0.2) is 28.6 Å². The summed E-state index contributed by atoms with van der Waals surface area (Å²) in [5, 5.41) is 5.63. The van der Waals surface area contributed by atoms with Crippen LogP contribution < -0.4 is 4.72 Å². The number of anilines is 1. The largest absolute Gasteiger partial charge is 0.280 e. The fourth-order valence-corrected chi connectivity index (χ4v) is 2.26. The van der Waals surface area contributed by atoms with Crippen molar-refractivity contribution in [3.63, 3.8) is 0 Å². The molecule has 0 aliphatic heterocycles. The van der Waals surface area contributed by atoms with Crippen LogP contribution in [0.1, 0.15) is 0 Å². The van der Waals surface area contributed by atoms with Crippen LogP contribution in [0.3, 0.4) is 0 Å². The third kappa shape index (κ3) is 2.48. The highest BCUT2D eigenvalue weighted by molar-refractivity contribution is 7.92. The van der Waals surface area contributed by atoms with Crippen LogP contribution >= 0.6 is 23.2 Å². The summed E-state index contributed by atoms with van der Waals surface area (Å²) in [7, 11) is -3.81. The molecule has 0 fully saturated rings. The molecule has 0 atom stereocenters. The molecule has 2 heterocycles. The van der Waals surface area contributed by atoms with Gasteiger partial charge < -0.3 is 0 Å². The van der Waals surface area contributed by atoms with E-state index in [-0.39, 0.29) is 21.0 Å². The molecule has 0 aromatic carbocycles. The summed E-state index contributed by atoms with van der Waals surface area (Å²) >= 11 is 11.4. The van der Waals surface area contributed by atoms with Gasteiger partial charge in [0.1, 0.15) is 11.3 Å². The lowest BCUT2D eigenvalue weighted by molar-refractivity contribution is 0.597. The Balaban J connectivity index is 2.37. The van der Waals surface area contributed by atoms with E-state index >= 15 is 0 Å². The minimum absolute atomic E-state index is 0.0380. The lowest BCUT2D eigenvalue weighted by atomic mass is 10.6. The van der Waals surface area contributed by atoms with Crippen LogP contribution in [0.5, 0.6) is 0 Å². The van der Waals surface area contributed by atoms with E-state index in [0.717, 1.165) is 6.33 Å². The molecular formula is C7H5Cl2N5O2S. The zero-order chi connectivity index (χ0) is 12.5. The van der Waals surface area contributed by atoms with Crippen molar-refractivity contribution >= 4 is 39.0 Å². The third-order valence-corrected chi connectivity index (χ3v) is 3.75. The molecule has 0 bridgehead atoms. The van der Waals surface area contributed by atoms with Crippen molar-refractivity contribution in [1.82, 2.24) is 20.2 Å². The predicted molar refractivity (Wildman–Crippen MR) is 61.4 cm³/mol. The molecule has 0 aliphatic rings. The average Bonchev–Trinajstić information content (AvgIpc) is 2.78. The summed E-state index contributed by atoms with van der Waals surface area (Å²) in [5.41, 5.74) is 0. The van der Waals surface area contributed by atoms with E-state index in [1.165, 1.54) is 12.3 Å². The standard InChI is InChI=1S/C7H5Cl2N5O2S/c8-5-6(9)10-3-11-7(5)14-17(15,16)4-1-2-12-13-4/h1-3H,(H,12,13)(H,10,11,14). The molecule has 0 amide bonds. The Labute approximate surface area is 106 Å². The van der Waals surface area contributed by atoms with Crippen molar-refractivity contribution in [3.8, 4) is 0 Å². The van der Waals surface area contributed by atoms with Crippen molar-refractivity contribution in [2.75, 3.05) is 4.72 Å². The van der Waals surface area contributed by atoms with Crippen LogP contribution in [0.2, 0.25) is 10.2 Å². The summed E-state index contributed by atoms with van der Waals surface area (Å²) in [6, 6.07) is 1.29. The zero-order valence-corrected chi connectivity index (χ0v) is 10.4. The number of sulfonamides is 1. The number of halogens is 2. The fraction of sp³-hybridized carbons (Fsp3) is 0. The second-order valence-corrected chi connectivity index (χ2v) is 5.24. The lowest BCUT2D eigenvalue weighted by Crippen LogP contribution is -2.15. The number of aromatic amines is 1. The average molecular weight is 294 g/mol. The van der Waals surface area contributed by atoms with E-state index in [9.17, 15) is 8.42 Å². The maximum absolute atomic E-state index is 11.8. The van der Waals surface area contributed by atoms with Gasteiger partial charge in [-0.25, -0.2) is 9.97 Å². The van der Waals surface area contributed by atoms with E-state index in [4.69, 9.17) is 23.2 Å². The van der Waals surface area contributed by atoms with Gasteiger partial charge in [-0.3, -0.25) is 9.82 Å². The molecular weight excluding hydrogens is 289 g/mol. The summed E-state index contributed by atoms with van der Waals surface area (Å²) < 4.78 is 25.7. The second kappa shape index (κ2) is 4.47. The molecule has 90 valence electrons. The first-order valence-electron chi connectivity index (χ1n) is 4.19. The molecule has 7 nitrogen and oxygen atoms in total. The Morgan fingerprint density at radius 2 is 2.06 bits per heavy atom. The number of nitrogens with one attached hydrogen (secondary N) is 2. The quantitative estimate of drug-likeness (QED) is 0.831. The van der Waals surface area contributed by atoms with E-state index in [1.807, 2.05) is 0 Å². The van der Waals surface area contributed by atoms with Crippen LogP contribution in [0.4, 0.5) is 5.82 Å². The monoisotopic (exact) mass is 293 g/mol. The Bertz CT molecular complexity index is 628. The topological polar surface area (TPSA) is 101 Å². The minimum atomic E-state index is -3.81. The number of nitrogens with zero attached hydrogens (tertiary/aromatic N) is 3. The normalized spacial score (nSPS) is 11.4. The van der Waals surface area contributed by atoms with E-state index in [2.05, 4.69) is 24.9 Å². The van der Waals surface area contributed by atoms with E-state index in [0.29, 0.717) is 0 Å². The summed E-state index contributed by atoms with van der Waals surface area (Å²) in [5.74, 6) is -0.0960. The van der Waals surface area contributed by atoms with Gasteiger partial charge in [0.2, 0.25) is 0 Å². The lowest BCUT2D eigenvalue weighted by Gasteiger charge is -2.06. The Hall–Kier alpha value is -1.38. The third-order valence-electron chi connectivity index (χ3n) is 1.74. The predicted octanol–water partition coefficient (Wildman–Crippen LogP) is 1.31. The van der Waals surface area contributed by atoms with Crippen molar-refractivity contribution in [1.29, 1.82) is 0 Å². The van der Waals surface area contributed by atoms with Gasteiger partial charge in [-0.15, -0.1) is 0 Å². The maximum atomic E-state index is 11.8. The Kier molecular flexibility index (Phi) is 3.18. The molecule has 2 N–H and O–H groups in total. The molecule has 10 heteroatoms. The molecule has 0 saturated heterocycles. The van der Waals surface area contributed by atoms with E-state index < -0.39 is 10.0 Å². The fourth-order valence-electron chi connectivity index (χ4n) is 0.995. The number of hydrogen-bond donors (Lipinski definition) is 2. The van der Waals surface area contributed by atoms with Gasteiger partial charge in [0.25, 0.3) is 10.0 Å². The van der Waals surface area contributed by atoms with Gasteiger partial charge in [-0.2, -0.15) is 13.5 Å². The van der Waals surface area contributed by atoms with Crippen molar-refractivity contribution in [3.05, 3.63) is 28.8 Å². The second-order valence-electron chi connectivity index (χ2n) is 2.85. The van der Waals surface area contributed by atoms with Gasteiger partial charge in [-0.05, 0) is 6.07 Å². The summed E-state index contributed by atoms with van der Waals surface area (Å²) in [4.78, 5) is 7.28. The van der Waals surface area contributed by atoms with Gasteiger partial charge in [0, 0.05) is 0 Å². The first kappa shape index (κ1) is 12.1. The van der Waals surface area contributed by atoms with Gasteiger partial charge in [-0.1, -0.05) is 23.2 Å². The summed E-state index contributed by atoms with van der Waals surface area (Å²) in [6.07, 6.45) is 2.40. The van der Waals surface area contributed by atoms with E-state index in [1.54, 1.807) is 0 Å². The van der Waals surface area contributed by atoms with Crippen molar-refractivity contribution in [2.24, 2.45) is 0 Å². The Morgan fingerprint density at radius 1 is 1.29 bits per heavy atom. The van der Waals surface area contributed by atoms with Crippen LogP contribution in [0.25, 0.3) is 0 Å². The first-order valence-corrected chi connectivity index (χ1v) is 6.43. The molecule has 17 heavy (non-hydrogen) atoms. The Morgan fingerprint density at radius 3 is 2.71 bits per heavy atom. The highest BCUT2D eigenvalue weighted by Crippen LogP contribution is 2.26. The molecule has 2 rings (SSSR count). The molecule has 0 unspecified atom stereocenters. The zero-order valence-electron chi connectivity index (χ0n) is 8.05. The molecule has 2 aromatic rings. The smallest absolute Gasteiger partial charge is 0.266 e. The number of H-pyrrole nitrogens is 1. The van der Waals surface area contributed by atoms with Gasteiger partial charge >= 0.3 is 0 Å². The van der Waals surface area contributed by atoms with Crippen LogP contribution in [-0.2, 0) is 10.0 Å². The number of rotatable bonds is 3. The molecule has 0 spiro atoms. The molecule has 0 radical (unpaired) electrons. The highest BCUT2D eigenvalue weighted by atomic mass is 35.5. The molecule has 0 saturated carbocycles. The molecule has 0 aliphatic carbocycles. The minimum Gasteiger partial charge on any atom is -0.266 e. The first-order chi connectivity index (χ1) is 8.00. The van der Waals surface area contributed by atoms with Gasteiger partial charge in [0.15, 0.2) is 16.0 Å². The summed E-state index contributed by atoms with van der Waals surface area (Å²) in [6.45, 7) is 0. The molecule has 2 aromatic heterocycles. The number of hydrogen-bond acceptors (Lipinski definition) is 5. The van der Waals surface area contributed by atoms with Crippen LogP contribution in [0, 0.1) is 0 Å². The van der Waals surface area contributed by atoms with Gasteiger partial charge in [0.05, 0.1) is 6.20 Å². The van der Waals surface area contributed by atoms with Crippen molar-refractivity contribution in [2.45, 2.75) is 5.03 Å². The van der Waals surface area contributed by atoms with Crippen LogP contribution in [0.15, 0.2) is 23.6 Å². The van der Waals surface area contributed by atoms with Crippen molar-refractivity contribution < 1.29 is 8.42 Å². The highest BCUT2D eigenvalue weighted by Gasteiger charge is 2.19. The maximum Gasteiger partial charge on any atom is 0.280 e.